The Morgan fingerprint density at radius 2 is 2.17 bits per heavy atom. The van der Waals surface area contributed by atoms with Gasteiger partial charge in [-0.05, 0) is 37.8 Å². The molecule has 2 rings (SSSR count). The number of rotatable bonds is 4. The van der Waals surface area contributed by atoms with Crippen LogP contribution < -0.4 is 5.32 Å². The third kappa shape index (κ3) is 2.01. The Bertz CT molecular complexity index is 509. The predicted molar refractivity (Wildman–Crippen MR) is 65.7 cm³/mol. The number of nitro benzene ring substituents is 1. The maximum absolute atomic E-state index is 11.2. The molecule has 1 aromatic carbocycles. The van der Waals surface area contributed by atoms with E-state index in [1.165, 1.54) is 6.07 Å². The molecule has 6 heteroatoms. The first-order valence-corrected chi connectivity index (χ1v) is 5.71. The van der Waals surface area contributed by atoms with Crippen LogP contribution >= 0.6 is 0 Å². The number of carboxylic acid groups (broad SMARTS) is 1. The van der Waals surface area contributed by atoms with Gasteiger partial charge in [0.2, 0.25) is 0 Å². The van der Waals surface area contributed by atoms with Crippen LogP contribution in [0.4, 0.5) is 11.4 Å². The van der Waals surface area contributed by atoms with Gasteiger partial charge in [-0.2, -0.15) is 0 Å². The molecule has 0 unspecified atom stereocenters. The quantitative estimate of drug-likeness (QED) is 0.632. The molecule has 1 fully saturated rings. The van der Waals surface area contributed by atoms with Crippen LogP contribution in [0.5, 0.6) is 0 Å². The Labute approximate surface area is 104 Å². The fraction of sp³-hybridized carbons (Fsp3) is 0.417. The van der Waals surface area contributed by atoms with E-state index in [1.807, 2.05) is 6.92 Å². The molecular formula is C12H14N2O4. The third-order valence-electron chi connectivity index (χ3n) is 3.34. The summed E-state index contributed by atoms with van der Waals surface area (Å²) < 4.78 is 0. The molecule has 0 aromatic heterocycles. The number of hydrogen-bond donors (Lipinski definition) is 2. The topological polar surface area (TPSA) is 92.5 Å². The van der Waals surface area contributed by atoms with Gasteiger partial charge in [-0.3, -0.25) is 10.1 Å². The number of hydrogen-bond acceptors (Lipinski definition) is 4. The van der Waals surface area contributed by atoms with E-state index >= 15 is 0 Å². The van der Waals surface area contributed by atoms with Gasteiger partial charge < -0.3 is 10.4 Å². The highest BCUT2D eigenvalue weighted by molar-refractivity contribution is 5.85. The van der Waals surface area contributed by atoms with Crippen LogP contribution in [0.1, 0.15) is 24.8 Å². The smallest absolute Gasteiger partial charge is 0.329 e. The van der Waals surface area contributed by atoms with Crippen LogP contribution in [0.25, 0.3) is 0 Å². The van der Waals surface area contributed by atoms with E-state index in [4.69, 9.17) is 0 Å². The highest BCUT2D eigenvalue weighted by Gasteiger charge is 2.45. The van der Waals surface area contributed by atoms with E-state index in [9.17, 15) is 20.0 Å². The van der Waals surface area contributed by atoms with Crippen molar-refractivity contribution in [1.82, 2.24) is 0 Å². The summed E-state index contributed by atoms with van der Waals surface area (Å²) in [7, 11) is 0. The van der Waals surface area contributed by atoms with Crippen LogP contribution in [-0.2, 0) is 4.79 Å². The second kappa shape index (κ2) is 4.29. The molecule has 0 amide bonds. The summed E-state index contributed by atoms with van der Waals surface area (Å²) in [6.45, 7) is 1.81. The number of aryl methyl sites for hydroxylation is 1. The number of carboxylic acids is 1. The number of carbonyl (C=O) groups is 1. The first-order valence-electron chi connectivity index (χ1n) is 5.71. The lowest BCUT2D eigenvalue weighted by molar-refractivity contribution is -0.384. The highest BCUT2D eigenvalue weighted by Crippen LogP contribution is 2.38. The molecule has 0 radical (unpaired) electrons. The predicted octanol–water partition coefficient (Wildman–Crippen LogP) is 2.32. The fourth-order valence-corrected chi connectivity index (χ4v) is 2.09. The lowest BCUT2D eigenvalue weighted by Gasteiger charge is -2.38. The number of anilines is 1. The number of nitro groups is 1. The van der Waals surface area contributed by atoms with Gasteiger partial charge in [-0.1, -0.05) is 6.07 Å². The normalized spacial score (nSPS) is 16.7. The Morgan fingerprint density at radius 1 is 1.50 bits per heavy atom. The van der Waals surface area contributed by atoms with Crippen molar-refractivity contribution in [2.75, 3.05) is 5.32 Å². The minimum Gasteiger partial charge on any atom is -0.480 e. The molecule has 96 valence electrons. The summed E-state index contributed by atoms with van der Waals surface area (Å²) in [6.07, 6.45) is 1.81. The van der Waals surface area contributed by atoms with Gasteiger partial charge in [0.05, 0.1) is 4.92 Å². The van der Waals surface area contributed by atoms with Crippen LogP contribution in [0, 0.1) is 17.0 Å². The Kier molecular flexibility index (Phi) is 2.94. The van der Waals surface area contributed by atoms with Crippen LogP contribution in [0.2, 0.25) is 0 Å². The Morgan fingerprint density at radius 3 is 2.61 bits per heavy atom. The number of nitrogens with zero attached hydrogens (tertiary/aromatic N) is 1. The largest absolute Gasteiger partial charge is 0.480 e. The van der Waals surface area contributed by atoms with Crippen molar-refractivity contribution < 1.29 is 14.8 Å². The molecule has 2 N–H and O–H groups in total. The molecular weight excluding hydrogens is 236 g/mol. The molecule has 0 heterocycles. The number of aliphatic carboxylic acids is 1. The third-order valence-corrected chi connectivity index (χ3v) is 3.34. The van der Waals surface area contributed by atoms with Gasteiger partial charge in [0.15, 0.2) is 0 Å². The molecule has 0 spiro atoms. The molecule has 18 heavy (non-hydrogen) atoms. The van der Waals surface area contributed by atoms with Crippen LogP contribution in [0.15, 0.2) is 18.2 Å². The van der Waals surface area contributed by atoms with E-state index in [-0.39, 0.29) is 11.4 Å². The van der Waals surface area contributed by atoms with E-state index in [2.05, 4.69) is 5.32 Å². The molecule has 0 aliphatic heterocycles. The molecule has 6 nitrogen and oxygen atoms in total. The van der Waals surface area contributed by atoms with Crippen molar-refractivity contribution in [3.8, 4) is 0 Å². The van der Waals surface area contributed by atoms with E-state index in [0.717, 1.165) is 12.0 Å². The molecule has 1 aliphatic carbocycles. The minimum absolute atomic E-state index is 0.0897. The maximum atomic E-state index is 11.2. The van der Waals surface area contributed by atoms with Crippen molar-refractivity contribution in [1.29, 1.82) is 0 Å². The summed E-state index contributed by atoms with van der Waals surface area (Å²) in [5.41, 5.74) is -0.00311. The summed E-state index contributed by atoms with van der Waals surface area (Å²) in [6, 6.07) is 4.64. The average molecular weight is 250 g/mol. The number of benzene rings is 1. The lowest BCUT2D eigenvalue weighted by Crippen LogP contribution is -2.52. The maximum Gasteiger partial charge on any atom is 0.329 e. The Hall–Kier alpha value is -2.11. The van der Waals surface area contributed by atoms with Crippen molar-refractivity contribution >= 4 is 17.3 Å². The second-order valence-electron chi connectivity index (χ2n) is 4.64. The van der Waals surface area contributed by atoms with Crippen molar-refractivity contribution in [2.45, 2.75) is 31.7 Å². The van der Waals surface area contributed by atoms with Gasteiger partial charge in [-0.15, -0.1) is 0 Å². The second-order valence-corrected chi connectivity index (χ2v) is 4.64. The zero-order valence-electron chi connectivity index (χ0n) is 9.97. The van der Waals surface area contributed by atoms with E-state index < -0.39 is 16.4 Å². The molecule has 0 bridgehead atoms. The molecule has 1 saturated carbocycles. The van der Waals surface area contributed by atoms with Crippen molar-refractivity contribution in [3.05, 3.63) is 33.9 Å². The van der Waals surface area contributed by atoms with Gasteiger partial charge in [0, 0.05) is 6.07 Å². The van der Waals surface area contributed by atoms with E-state index in [0.29, 0.717) is 12.8 Å². The average Bonchev–Trinajstić information content (AvgIpc) is 2.22. The van der Waals surface area contributed by atoms with Gasteiger partial charge in [0.25, 0.3) is 5.69 Å². The summed E-state index contributed by atoms with van der Waals surface area (Å²) in [4.78, 5) is 21.7. The Balaban J connectivity index is 2.36. The van der Waals surface area contributed by atoms with E-state index in [1.54, 1.807) is 12.1 Å². The summed E-state index contributed by atoms with van der Waals surface area (Å²) >= 11 is 0. The first-order chi connectivity index (χ1) is 8.44. The fourth-order valence-electron chi connectivity index (χ4n) is 2.09. The summed E-state index contributed by atoms with van der Waals surface area (Å²) in [5, 5.41) is 23.0. The van der Waals surface area contributed by atoms with Crippen molar-refractivity contribution in [3.63, 3.8) is 0 Å². The van der Waals surface area contributed by atoms with Crippen molar-refractivity contribution in [2.24, 2.45) is 0 Å². The minimum atomic E-state index is -1.04. The zero-order valence-corrected chi connectivity index (χ0v) is 9.97. The zero-order chi connectivity index (χ0) is 13.3. The molecule has 0 saturated heterocycles. The van der Waals surface area contributed by atoms with Crippen LogP contribution in [-0.4, -0.2) is 21.5 Å². The SMILES string of the molecule is Cc1ccc([N+](=O)[O-])c(NC2(C(=O)O)CCC2)c1. The lowest BCUT2D eigenvalue weighted by atomic mass is 9.76. The molecule has 1 aliphatic rings. The van der Waals surface area contributed by atoms with Gasteiger partial charge in [-0.25, -0.2) is 4.79 Å². The first kappa shape index (κ1) is 12.3. The van der Waals surface area contributed by atoms with Crippen LogP contribution in [0.3, 0.4) is 0 Å². The standard InChI is InChI=1S/C12H14N2O4/c1-8-3-4-10(14(17)18)9(7-8)13-12(11(15)16)5-2-6-12/h3-4,7,13H,2,5-6H2,1H3,(H,15,16). The highest BCUT2D eigenvalue weighted by atomic mass is 16.6. The molecule has 0 atom stereocenters. The summed E-state index contributed by atoms with van der Waals surface area (Å²) in [5.74, 6) is -0.954. The number of nitrogens with one attached hydrogen (secondary N) is 1. The van der Waals surface area contributed by atoms with Gasteiger partial charge in [0.1, 0.15) is 11.2 Å². The molecule has 1 aromatic rings. The van der Waals surface area contributed by atoms with Gasteiger partial charge >= 0.3 is 5.97 Å². The monoisotopic (exact) mass is 250 g/mol.